The van der Waals surface area contributed by atoms with Gasteiger partial charge in [0.2, 0.25) is 0 Å². The highest BCUT2D eigenvalue weighted by atomic mass is 35.5. The zero-order chi connectivity index (χ0) is 11.4. The molecule has 0 aliphatic heterocycles. The Morgan fingerprint density at radius 3 is 3.00 bits per heavy atom. The van der Waals surface area contributed by atoms with Crippen LogP contribution in [0.15, 0.2) is 18.3 Å². The van der Waals surface area contributed by atoms with Crippen molar-refractivity contribution in [2.45, 2.75) is 50.6 Å². The van der Waals surface area contributed by atoms with Gasteiger partial charge in [-0.25, -0.2) is 0 Å². The molecule has 1 aromatic heterocycles. The predicted octanol–water partition coefficient (Wildman–Crippen LogP) is 3.03. The maximum absolute atomic E-state index is 6.31. The van der Waals surface area contributed by atoms with E-state index in [0.29, 0.717) is 6.04 Å². The summed E-state index contributed by atoms with van der Waals surface area (Å²) >= 11 is 6.31. The smallest absolute Gasteiger partial charge is 0.0570 e. The van der Waals surface area contributed by atoms with Crippen LogP contribution in [0.3, 0.4) is 0 Å². The van der Waals surface area contributed by atoms with E-state index in [1.54, 1.807) is 0 Å². The molecule has 2 rings (SSSR count). The third-order valence-corrected chi connectivity index (χ3v) is 3.85. The van der Waals surface area contributed by atoms with E-state index in [2.05, 4.69) is 23.3 Å². The van der Waals surface area contributed by atoms with E-state index in [1.165, 1.54) is 24.8 Å². The Labute approximate surface area is 102 Å². The average molecular weight is 239 g/mol. The second-order valence-electron chi connectivity index (χ2n) is 4.55. The summed E-state index contributed by atoms with van der Waals surface area (Å²) in [4.78, 5) is 4.38. The maximum Gasteiger partial charge on any atom is 0.0570 e. The van der Waals surface area contributed by atoms with Crippen LogP contribution >= 0.6 is 11.6 Å². The fourth-order valence-corrected chi connectivity index (χ4v) is 2.62. The van der Waals surface area contributed by atoms with Crippen LogP contribution in [0.1, 0.15) is 36.9 Å². The molecule has 0 saturated heterocycles. The largest absolute Gasteiger partial charge is 0.307 e. The highest BCUT2D eigenvalue weighted by molar-refractivity contribution is 6.21. The number of nitrogens with one attached hydrogen (secondary N) is 1. The van der Waals surface area contributed by atoms with Gasteiger partial charge in [0.1, 0.15) is 0 Å². The summed E-state index contributed by atoms with van der Waals surface area (Å²) in [6, 6.07) is 4.53. The van der Waals surface area contributed by atoms with E-state index in [0.717, 1.165) is 18.7 Å². The number of alkyl halides is 1. The van der Waals surface area contributed by atoms with E-state index < -0.39 is 0 Å². The number of aromatic nitrogens is 1. The molecule has 2 nitrogen and oxygen atoms in total. The van der Waals surface area contributed by atoms with Gasteiger partial charge in [0.25, 0.3) is 0 Å². The van der Waals surface area contributed by atoms with Crippen molar-refractivity contribution in [1.29, 1.82) is 0 Å². The molecular formula is C13H19ClN2. The van der Waals surface area contributed by atoms with Crippen molar-refractivity contribution in [3.8, 4) is 0 Å². The number of nitrogens with zero attached hydrogens (tertiary/aromatic N) is 1. The van der Waals surface area contributed by atoms with Gasteiger partial charge in [0, 0.05) is 24.2 Å². The molecule has 3 heteroatoms. The molecule has 1 aliphatic carbocycles. The van der Waals surface area contributed by atoms with Crippen LogP contribution in [0.5, 0.6) is 0 Å². The summed E-state index contributed by atoms with van der Waals surface area (Å²) in [6.07, 6.45) is 6.75. The van der Waals surface area contributed by atoms with Gasteiger partial charge >= 0.3 is 0 Å². The lowest BCUT2D eigenvalue weighted by atomic mass is 9.95. The first kappa shape index (κ1) is 11.9. The molecule has 0 amide bonds. The monoisotopic (exact) mass is 238 g/mol. The van der Waals surface area contributed by atoms with Gasteiger partial charge in [-0.3, -0.25) is 4.98 Å². The predicted molar refractivity (Wildman–Crippen MR) is 67.7 cm³/mol. The number of rotatable bonds is 3. The quantitative estimate of drug-likeness (QED) is 0.819. The first-order valence-electron chi connectivity index (χ1n) is 6.05. The van der Waals surface area contributed by atoms with Gasteiger partial charge in [-0.05, 0) is 31.4 Å². The van der Waals surface area contributed by atoms with Crippen molar-refractivity contribution >= 4 is 11.6 Å². The molecule has 1 heterocycles. The zero-order valence-corrected chi connectivity index (χ0v) is 10.5. The fraction of sp³-hybridized carbons (Fsp3) is 0.615. The molecule has 1 saturated carbocycles. The minimum atomic E-state index is 0.290. The molecule has 88 valence electrons. The second kappa shape index (κ2) is 5.65. The highest BCUT2D eigenvalue weighted by Crippen LogP contribution is 2.23. The topological polar surface area (TPSA) is 24.9 Å². The summed E-state index contributed by atoms with van der Waals surface area (Å²) in [5, 5.41) is 3.82. The Morgan fingerprint density at radius 2 is 2.25 bits per heavy atom. The summed E-state index contributed by atoms with van der Waals surface area (Å²) in [6.45, 7) is 2.93. The summed E-state index contributed by atoms with van der Waals surface area (Å²) in [7, 11) is 0. The molecule has 1 N–H and O–H groups in total. The molecule has 2 atom stereocenters. The number of hydrogen-bond donors (Lipinski definition) is 1. The van der Waals surface area contributed by atoms with E-state index >= 15 is 0 Å². The number of aryl methyl sites for hydroxylation is 1. The number of pyridine rings is 1. The zero-order valence-electron chi connectivity index (χ0n) is 9.75. The number of hydrogen-bond acceptors (Lipinski definition) is 2. The number of halogens is 1. The van der Waals surface area contributed by atoms with Crippen LogP contribution in [0.25, 0.3) is 0 Å². The molecule has 1 aliphatic rings. The van der Waals surface area contributed by atoms with Crippen LogP contribution in [0.2, 0.25) is 0 Å². The maximum atomic E-state index is 6.31. The Balaban J connectivity index is 1.89. The second-order valence-corrected chi connectivity index (χ2v) is 5.12. The van der Waals surface area contributed by atoms with Crippen molar-refractivity contribution in [1.82, 2.24) is 10.3 Å². The van der Waals surface area contributed by atoms with Crippen molar-refractivity contribution in [3.05, 3.63) is 29.6 Å². The van der Waals surface area contributed by atoms with E-state index in [-0.39, 0.29) is 5.38 Å². The summed E-state index contributed by atoms with van der Waals surface area (Å²) < 4.78 is 0. The Morgan fingerprint density at radius 1 is 1.44 bits per heavy atom. The molecule has 0 bridgehead atoms. The van der Waals surface area contributed by atoms with Crippen molar-refractivity contribution in [3.63, 3.8) is 0 Å². The molecular weight excluding hydrogens is 220 g/mol. The molecule has 0 spiro atoms. The lowest BCUT2D eigenvalue weighted by Crippen LogP contribution is -2.39. The average Bonchev–Trinajstić information content (AvgIpc) is 2.30. The Kier molecular flexibility index (Phi) is 4.19. The van der Waals surface area contributed by atoms with Crippen LogP contribution in [-0.2, 0) is 6.54 Å². The molecule has 0 aromatic carbocycles. The Bertz CT molecular complexity index is 340. The van der Waals surface area contributed by atoms with Gasteiger partial charge < -0.3 is 5.32 Å². The van der Waals surface area contributed by atoms with Crippen molar-refractivity contribution < 1.29 is 0 Å². The third kappa shape index (κ3) is 2.96. The van der Waals surface area contributed by atoms with E-state index in [4.69, 9.17) is 11.6 Å². The van der Waals surface area contributed by atoms with Crippen molar-refractivity contribution in [2.75, 3.05) is 0 Å². The van der Waals surface area contributed by atoms with Gasteiger partial charge in [0.15, 0.2) is 0 Å². The van der Waals surface area contributed by atoms with Crippen LogP contribution in [0.4, 0.5) is 0 Å². The normalized spacial score (nSPS) is 25.6. The first-order valence-corrected chi connectivity index (χ1v) is 6.49. The highest BCUT2D eigenvalue weighted by Gasteiger charge is 2.22. The van der Waals surface area contributed by atoms with E-state index in [9.17, 15) is 0 Å². The summed E-state index contributed by atoms with van der Waals surface area (Å²) in [5.74, 6) is 0. The minimum absolute atomic E-state index is 0.290. The van der Waals surface area contributed by atoms with Gasteiger partial charge in [-0.1, -0.05) is 18.9 Å². The van der Waals surface area contributed by atoms with Crippen molar-refractivity contribution in [2.24, 2.45) is 0 Å². The standard InChI is InChI=1S/C13H19ClN2/c1-10-5-4-8-15-13(10)9-16-12-7-3-2-6-11(12)14/h4-5,8,11-12,16H,2-3,6-7,9H2,1H3. The van der Waals surface area contributed by atoms with Gasteiger partial charge in [-0.15, -0.1) is 11.6 Å². The molecule has 2 unspecified atom stereocenters. The molecule has 1 aromatic rings. The minimum Gasteiger partial charge on any atom is -0.307 e. The van der Waals surface area contributed by atoms with Crippen LogP contribution in [0, 0.1) is 6.92 Å². The third-order valence-electron chi connectivity index (χ3n) is 3.33. The first-order chi connectivity index (χ1) is 7.77. The lowest BCUT2D eigenvalue weighted by molar-refractivity contribution is 0.377. The van der Waals surface area contributed by atoms with Gasteiger partial charge in [-0.2, -0.15) is 0 Å². The van der Waals surface area contributed by atoms with E-state index in [1.807, 2.05) is 12.3 Å². The molecule has 1 fully saturated rings. The lowest BCUT2D eigenvalue weighted by Gasteiger charge is -2.28. The SMILES string of the molecule is Cc1cccnc1CNC1CCCCC1Cl. The summed E-state index contributed by atoms with van der Waals surface area (Å²) in [5.41, 5.74) is 2.38. The van der Waals surface area contributed by atoms with Gasteiger partial charge in [0.05, 0.1) is 5.69 Å². The fourth-order valence-electron chi connectivity index (χ4n) is 2.25. The Hall–Kier alpha value is -0.600. The molecule has 0 radical (unpaired) electrons. The van der Waals surface area contributed by atoms with Crippen LogP contribution < -0.4 is 5.32 Å². The molecule has 16 heavy (non-hydrogen) atoms. The van der Waals surface area contributed by atoms with Crippen LogP contribution in [-0.4, -0.2) is 16.4 Å².